The molecule has 0 spiro atoms. The molecular formula is C12H12ClFN4. The molecule has 6 heteroatoms. The second kappa shape index (κ2) is 5.29. The van der Waals surface area contributed by atoms with Gasteiger partial charge in [0.2, 0.25) is 0 Å². The van der Waals surface area contributed by atoms with E-state index in [9.17, 15) is 4.39 Å². The molecule has 94 valence electrons. The van der Waals surface area contributed by atoms with Gasteiger partial charge < -0.3 is 5.43 Å². The van der Waals surface area contributed by atoms with Crippen molar-refractivity contribution in [1.82, 2.24) is 9.97 Å². The third-order valence-electron chi connectivity index (χ3n) is 2.41. The summed E-state index contributed by atoms with van der Waals surface area (Å²) in [6.07, 6.45) is 0.729. The van der Waals surface area contributed by atoms with Gasteiger partial charge in [0.25, 0.3) is 0 Å². The number of hydrazine groups is 1. The highest BCUT2D eigenvalue weighted by molar-refractivity contribution is 6.30. The number of hydrogen-bond donors (Lipinski definition) is 2. The van der Waals surface area contributed by atoms with Gasteiger partial charge in [0.05, 0.1) is 0 Å². The number of rotatable bonds is 3. The third kappa shape index (κ3) is 2.75. The van der Waals surface area contributed by atoms with Gasteiger partial charge in [-0.15, -0.1) is 0 Å². The molecule has 2 rings (SSSR count). The fourth-order valence-electron chi connectivity index (χ4n) is 1.56. The van der Waals surface area contributed by atoms with Crippen molar-refractivity contribution in [2.75, 3.05) is 5.43 Å². The van der Waals surface area contributed by atoms with Crippen molar-refractivity contribution in [2.45, 2.75) is 13.3 Å². The Balaban J connectivity index is 2.55. The lowest BCUT2D eigenvalue weighted by molar-refractivity contribution is 0.628. The molecule has 1 aromatic heterocycles. The van der Waals surface area contributed by atoms with Crippen molar-refractivity contribution < 1.29 is 4.39 Å². The van der Waals surface area contributed by atoms with Crippen LogP contribution in [0.5, 0.6) is 0 Å². The second-order valence-electron chi connectivity index (χ2n) is 3.72. The largest absolute Gasteiger partial charge is 0.308 e. The molecule has 0 unspecified atom stereocenters. The van der Waals surface area contributed by atoms with Gasteiger partial charge in [-0.2, -0.15) is 0 Å². The Morgan fingerprint density at radius 1 is 1.28 bits per heavy atom. The third-order valence-corrected chi connectivity index (χ3v) is 2.63. The molecule has 0 saturated heterocycles. The summed E-state index contributed by atoms with van der Waals surface area (Å²) in [7, 11) is 0. The minimum absolute atomic E-state index is 0.303. The lowest BCUT2D eigenvalue weighted by Gasteiger charge is -2.07. The summed E-state index contributed by atoms with van der Waals surface area (Å²) in [5.74, 6) is 5.79. The van der Waals surface area contributed by atoms with Crippen LogP contribution in [0.3, 0.4) is 0 Å². The first-order valence-electron chi connectivity index (χ1n) is 5.43. The van der Waals surface area contributed by atoms with E-state index in [2.05, 4.69) is 15.4 Å². The molecule has 0 bridgehead atoms. The number of hydrogen-bond acceptors (Lipinski definition) is 4. The summed E-state index contributed by atoms with van der Waals surface area (Å²) in [5.41, 5.74) is 3.80. The van der Waals surface area contributed by atoms with Crippen LogP contribution in [0.1, 0.15) is 12.6 Å². The van der Waals surface area contributed by atoms with Crippen molar-refractivity contribution in [3.63, 3.8) is 0 Å². The van der Waals surface area contributed by atoms with Gasteiger partial charge in [0, 0.05) is 22.3 Å². The number of nitrogens with zero attached hydrogens (tertiary/aromatic N) is 2. The first-order valence-corrected chi connectivity index (χ1v) is 5.81. The molecule has 0 aliphatic heterocycles. The van der Waals surface area contributed by atoms with Crippen LogP contribution < -0.4 is 11.3 Å². The predicted octanol–water partition coefficient (Wildman–Crippen LogP) is 2.78. The highest BCUT2D eigenvalue weighted by atomic mass is 35.5. The number of nitrogens with two attached hydrogens (primary N) is 1. The van der Waals surface area contributed by atoms with E-state index in [1.165, 1.54) is 12.1 Å². The zero-order valence-electron chi connectivity index (χ0n) is 9.74. The molecule has 0 amide bonds. The quantitative estimate of drug-likeness (QED) is 0.662. The monoisotopic (exact) mass is 266 g/mol. The van der Waals surface area contributed by atoms with Gasteiger partial charge in [-0.05, 0) is 24.6 Å². The van der Waals surface area contributed by atoms with E-state index in [4.69, 9.17) is 17.4 Å². The fourth-order valence-corrected chi connectivity index (χ4v) is 1.79. The van der Waals surface area contributed by atoms with E-state index in [0.717, 1.165) is 12.1 Å². The maximum atomic E-state index is 13.3. The van der Waals surface area contributed by atoms with Crippen molar-refractivity contribution in [3.8, 4) is 11.4 Å². The van der Waals surface area contributed by atoms with E-state index >= 15 is 0 Å². The predicted molar refractivity (Wildman–Crippen MR) is 69.6 cm³/mol. The first kappa shape index (κ1) is 12.7. The van der Waals surface area contributed by atoms with Crippen molar-refractivity contribution in [1.29, 1.82) is 0 Å². The molecule has 0 aliphatic carbocycles. The lowest BCUT2D eigenvalue weighted by Crippen LogP contribution is -2.10. The number of benzene rings is 1. The van der Waals surface area contributed by atoms with E-state index in [-0.39, 0.29) is 0 Å². The van der Waals surface area contributed by atoms with Crippen LogP contribution in [-0.2, 0) is 6.42 Å². The number of anilines is 1. The van der Waals surface area contributed by atoms with E-state index in [1.54, 1.807) is 12.1 Å². The number of aryl methyl sites for hydroxylation is 1. The summed E-state index contributed by atoms with van der Waals surface area (Å²) in [6, 6.07) is 5.92. The van der Waals surface area contributed by atoms with Crippen LogP contribution in [-0.4, -0.2) is 9.97 Å². The van der Waals surface area contributed by atoms with Gasteiger partial charge in [0.15, 0.2) is 5.82 Å². The minimum atomic E-state index is -0.426. The van der Waals surface area contributed by atoms with Crippen LogP contribution in [0.25, 0.3) is 11.4 Å². The Bertz CT molecular complexity index is 531. The summed E-state index contributed by atoms with van der Waals surface area (Å²) >= 11 is 5.81. The molecule has 0 aliphatic rings. The van der Waals surface area contributed by atoms with Crippen LogP contribution in [0.4, 0.5) is 10.2 Å². The Hall–Kier alpha value is -1.72. The molecule has 1 heterocycles. The Labute approximate surface area is 109 Å². The Kier molecular flexibility index (Phi) is 3.74. The van der Waals surface area contributed by atoms with Gasteiger partial charge in [-0.3, -0.25) is 0 Å². The summed E-state index contributed by atoms with van der Waals surface area (Å²) in [4.78, 5) is 8.50. The molecule has 0 saturated carbocycles. The van der Waals surface area contributed by atoms with E-state index in [1.807, 2.05) is 6.92 Å². The molecule has 4 nitrogen and oxygen atoms in total. The maximum absolute atomic E-state index is 13.3. The summed E-state index contributed by atoms with van der Waals surface area (Å²) in [6.45, 7) is 1.96. The molecule has 18 heavy (non-hydrogen) atoms. The number of halogens is 2. The Morgan fingerprint density at radius 2 is 2.06 bits per heavy atom. The van der Waals surface area contributed by atoms with E-state index in [0.29, 0.717) is 22.2 Å². The molecule has 1 aromatic carbocycles. The number of nitrogen functional groups attached to an aromatic ring is 1. The van der Waals surface area contributed by atoms with Gasteiger partial charge in [0.1, 0.15) is 11.6 Å². The highest BCUT2D eigenvalue weighted by Crippen LogP contribution is 2.23. The summed E-state index contributed by atoms with van der Waals surface area (Å²) in [5, 5.41) is 0.303. The standard InChI is InChI=1S/C12H12ClFN4/c1-2-10-6-11(18-15)17-12(16-10)7-3-8(13)5-9(14)4-7/h3-6H,2,15H2,1H3,(H,16,17,18). The normalized spacial score (nSPS) is 10.4. The summed E-state index contributed by atoms with van der Waals surface area (Å²) < 4.78 is 13.3. The number of aromatic nitrogens is 2. The van der Waals surface area contributed by atoms with Gasteiger partial charge >= 0.3 is 0 Å². The SMILES string of the molecule is CCc1cc(NN)nc(-c2cc(F)cc(Cl)c2)n1. The van der Waals surface area contributed by atoms with Crippen molar-refractivity contribution in [2.24, 2.45) is 5.84 Å². The molecule has 0 fully saturated rings. The van der Waals surface area contributed by atoms with Crippen molar-refractivity contribution in [3.05, 3.63) is 40.8 Å². The average Bonchev–Trinajstić information content (AvgIpc) is 2.37. The topological polar surface area (TPSA) is 63.8 Å². The average molecular weight is 267 g/mol. The molecule has 0 radical (unpaired) electrons. The van der Waals surface area contributed by atoms with Crippen LogP contribution in [0.2, 0.25) is 5.02 Å². The van der Waals surface area contributed by atoms with Gasteiger partial charge in [-0.1, -0.05) is 18.5 Å². The second-order valence-corrected chi connectivity index (χ2v) is 4.16. The fraction of sp³-hybridized carbons (Fsp3) is 0.167. The zero-order chi connectivity index (χ0) is 13.1. The van der Waals surface area contributed by atoms with Gasteiger partial charge in [-0.25, -0.2) is 20.2 Å². The van der Waals surface area contributed by atoms with Crippen molar-refractivity contribution >= 4 is 17.4 Å². The molecular weight excluding hydrogens is 255 g/mol. The molecule has 2 aromatic rings. The Morgan fingerprint density at radius 3 is 2.67 bits per heavy atom. The minimum Gasteiger partial charge on any atom is -0.308 e. The smallest absolute Gasteiger partial charge is 0.161 e. The molecule has 0 atom stereocenters. The number of nitrogens with one attached hydrogen (secondary N) is 1. The maximum Gasteiger partial charge on any atom is 0.161 e. The van der Waals surface area contributed by atoms with Crippen LogP contribution in [0, 0.1) is 5.82 Å². The zero-order valence-corrected chi connectivity index (χ0v) is 10.5. The first-order chi connectivity index (χ1) is 8.62. The van der Waals surface area contributed by atoms with E-state index < -0.39 is 5.82 Å². The van der Waals surface area contributed by atoms with Crippen LogP contribution in [0.15, 0.2) is 24.3 Å². The highest BCUT2D eigenvalue weighted by Gasteiger charge is 2.08. The lowest BCUT2D eigenvalue weighted by atomic mass is 10.2. The van der Waals surface area contributed by atoms with Crippen LogP contribution >= 0.6 is 11.6 Å². The molecule has 3 N–H and O–H groups in total.